The van der Waals surface area contributed by atoms with Crippen LogP contribution in [0.3, 0.4) is 0 Å². The maximum atomic E-state index is 12.0. The molecule has 1 aromatic heterocycles. The molecule has 2 aromatic carbocycles. The average molecular weight is 411 g/mol. The van der Waals surface area contributed by atoms with Gasteiger partial charge in [-0.25, -0.2) is 9.78 Å². The number of hydrogen-bond donors (Lipinski definition) is 2. The zero-order valence-corrected chi connectivity index (χ0v) is 16.7. The molecule has 0 aliphatic rings. The van der Waals surface area contributed by atoms with Crippen LogP contribution in [0.4, 0.5) is 4.79 Å². The number of amides is 3. The van der Waals surface area contributed by atoms with E-state index in [0.29, 0.717) is 29.8 Å². The topological polar surface area (TPSA) is 93.5 Å². The third-order valence-electron chi connectivity index (χ3n) is 3.86. The summed E-state index contributed by atoms with van der Waals surface area (Å²) in [6.07, 6.45) is 0. The van der Waals surface area contributed by atoms with E-state index >= 15 is 0 Å². The quantitative estimate of drug-likeness (QED) is 0.435. The van der Waals surface area contributed by atoms with Crippen LogP contribution in [0.5, 0.6) is 0 Å². The van der Waals surface area contributed by atoms with E-state index in [1.807, 2.05) is 60.7 Å². The Labute approximate surface area is 172 Å². The Hall–Kier alpha value is -3.10. The molecule has 0 saturated heterocycles. The van der Waals surface area contributed by atoms with Gasteiger partial charge in [0.05, 0.1) is 12.4 Å². The van der Waals surface area contributed by atoms with Crippen molar-refractivity contribution in [3.8, 4) is 22.6 Å². The van der Waals surface area contributed by atoms with Gasteiger partial charge in [0.15, 0.2) is 5.76 Å². The van der Waals surface area contributed by atoms with E-state index < -0.39 is 11.9 Å². The predicted molar refractivity (Wildman–Crippen MR) is 112 cm³/mol. The Kier molecular flexibility index (Phi) is 7.43. The van der Waals surface area contributed by atoms with Crippen LogP contribution in [0, 0.1) is 0 Å². The third kappa shape index (κ3) is 5.94. The monoisotopic (exact) mass is 411 g/mol. The second kappa shape index (κ2) is 10.4. The van der Waals surface area contributed by atoms with Gasteiger partial charge < -0.3 is 14.5 Å². The number of hydrogen-bond acceptors (Lipinski definition) is 6. The van der Waals surface area contributed by atoms with Gasteiger partial charge in [0.1, 0.15) is 5.69 Å². The number of benzene rings is 2. The number of imide groups is 1. The Morgan fingerprint density at radius 1 is 1.03 bits per heavy atom. The number of carbonyl (C=O) groups excluding carboxylic acids is 2. The fourth-order valence-corrected chi connectivity index (χ4v) is 3.16. The zero-order valence-electron chi connectivity index (χ0n) is 15.9. The molecule has 7 nitrogen and oxygen atoms in total. The van der Waals surface area contributed by atoms with Crippen LogP contribution in [-0.2, 0) is 9.53 Å². The molecule has 3 rings (SSSR count). The van der Waals surface area contributed by atoms with Crippen LogP contribution in [0.2, 0.25) is 0 Å². The zero-order chi connectivity index (χ0) is 20.5. The number of carbonyl (C=O) groups is 2. The van der Waals surface area contributed by atoms with Crippen molar-refractivity contribution < 1.29 is 18.7 Å². The third-order valence-corrected chi connectivity index (χ3v) is 4.69. The predicted octanol–water partition coefficient (Wildman–Crippen LogP) is 3.57. The molecule has 0 atom stereocenters. The van der Waals surface area contributed by atoms with Gasteiger partial charge in [-0.05, 0) is 0 Å². The SMILES string of the molecule is COCCNC(=O)NC(=O)CSc1nc(-c2ccccc2)c(-c2ccccc2)o1. The summed E-state index contributed by atoms with van der Waals surface area (Å²) >= 11 is 1.13. The van der Waals surface area contributed by atoms with Gasteiger partial charge >= 0.3 is 6.03 Å². The summed E-state index contributed by atoms with van der Waals surface area (Å²) in [5, 5.41) is 5.14. The van der Waals surface area contributed by atoms with Crippen LogP contribution in [0.15, 0.2) is 70.3 Å². The van der Waals surface area contributed by atoms with Gasteiger partial charge in [0, 0.05) is 24.8 Å². The molecule has 2 N–H and O–H groups in total. The van der Waals surface area contributed by atoms with Crippen molar-refractivity contribution in [3.05, 3.63) is 60.7 Å². The lowest BCUT2D eigenvalue weighted by atomic mass is 10.1. The highest BCUT2D eigenvalue weighted by molar-refractivity contribution is 7.99. The Balaban J connectivity index is 1.70. The van der Waals surface area contributed by atoms with Crippen LogP contribution < -0.4 is 10.6 Å². The Morgan fingerprint density at radius 2 is 1.69 bits per heavy atom. The van der Waals surface area contributed by atoms with Gasteiger partial charge in [0.25, 0.3) is 5.22 Å². The lowest BCUT2D eigenvalue weighted by Gasteiger charge is -2.05. The number of nitrogens with zero attached hydrogens (tertiary/aromatic N) is 1. The van der Waals surface area contributed by atoms with Crippen molar-refractivity contribution in [2.75, 3.05) is 26.0 Å². The summed E-state index contributed by atoms with van der Waals surface area (Å²) in [6.45, 7) is 0.695. The molecule has 0 saturated carbocycles. The van der Waals surface area contributed by atoms with Crippen molar-refractivity contribution in [1.82, 2.24) is 15.6 Å². The van der Waals surface area contributed by atoms with Gasteiger partial charge in [-0.1, -0.05) is 72.4 Å². The summed E-state index contributed by atoms with van der Waals surface area (Å²) in [4.78, 5) is 28.2. The van der Waals surface area contributed by atoms with Crippen LogP contribution >= 0.6 is 11.8 Å². The van der Waals surface area contributed by atoms with E-state index in [4.69, 9.17) is 9.15 Å². The number of thioether (sulfide) groups is 1. The summed E-state index contributed by atoms with van der Waals surface area (Å²) in [5.41, 5.74) is 2.52. The van der Waals surface area contributed by atoms with Crippen molar-refractivity contribution >= 4 is 23.7 Å². The molecular weight excluding hydrogens is 390 g/mol. The van der Waals surface area contributed by atoms with E-state index in [1.165, 1.54) is 7.11 Å². The fourth-order valence-electron chi connectivity index (χ4n) is 2.54. The first-order valence-corrected chi connectivity index (χ1v) is 9.97. The molecule has 0 aliphatic carbocycles. The van der Waals surface area contributed by atoms with Gasteiger partial charge in [-0.3, -0.25) is 10.1 Å². The minimum Gasteiger partial charge on any atom is -0.431 e. The number of oxazole rings is 1. The molecule has 3 amide bonds. The normalized spacial score (nSPS) is 10.5. The van der Waals surface area contributed by atoms with Gasteiger partial charge in [-0.2, -0.15) is 0 Å². The molecule has 0 bridgehead atoms. The van der Waals surface area contributed by atoms with Crippen molar-refractivity contribution in [3.63, 3.8) is 0 Å². The van der Waals surface area contributed by atoms with Crippen LogP contribution in [0.25, 0.3) is 22.6 Å². The number of rotatable bonds is 8. The van der Waals surface area contributed by atoms with E-state index in [1.54, 1.807) is 0 Å². The molecule has 0 fully saturated rings. The molecule has 150 valence electrons. The number of urea groups is 1. The molecule has 0 aliphatic heterocycles. The van der Waals surface area contributed by atoms with Gasteiger partial charge in [-0.15, -0.1) is 0 Å². The maximum Gasteiger partial charge on any atom is 0.321 e. The highest BCUT2D eigenvalue weighted by Crippen LogP contribution is 2.35. The number of aromatic nitrogens is 1. The van der Waals surface area contributed by atoms with E-state index in [0.717, 1.165) is 22.9 Å². The average Bonchev–Trinajstić information content (AvgIpc) is 3.18. The maximum absolute atomic E-state index is 12.0. The summed E-state index contributed by atoms with van der Waals surface area (Å²) in [6, 6.07) is 18.8. The highest BCUT2D eigenvalue weighted by atomic mass is 32.2. The molecular formula is C21H21N3O4S. The second-order valence-corrected chi connectivity index (χ2v) is 6.90. The molecule has 0 unspecified atom stereocenters. The smallest absolute Gasteiger partial charge is 0.321 e. The van der Waals surface area contributed by atoms with Crippen molar-refractivity contribution in [1.29, 1.82) is 0 Å². The molecule has 29 heavy (non-hydrogen) atoms. The molecule has 3 aromatic rings. The highest BCUT2D eigenvalue weighted by Gasteiger charge is 2.18. The molecule has 8 heteroatoms. The fraction of sp³-hybridized carbons (Fsp3) is 0.190. The Bertz CT molecular complexity index is 888. The van der Waals surface area contributed by atoms with Crippen LogP contribution in [-0.4, -0.2) is 42.9 Å². The van der Waals surface area contributed by atoms with Gasteiger partial charge in [0.2, 0.25) is 5.91 Å². The minimum absolute atomic E-state index is 0.000665. The first kappa shape index (κ1) is 20.6. The summed E-state index contributed by atoms with van der Waals surface area (Å²) < 4.78 is 10.8. The molecule has 0 spiro atoms. The van der Waals surface area contributed by atoms with E-state index in [2.05, 4.69) is 15.6 Å². The number of methoxy groups -OCH3 is 1. The minimum atomic E-state index is -0.560. The van der Waals surface area contributed by atoms with Crippen LogP contribution in [0.1, 0.15) is 0 Å². The Morgan fingerprint density at radius 3 is 2.34 bits per heavy atom. The standard InChI is InChI=1S/C21H21N3O4S/c1-27-13-12-22-20(26)23-17(25)14-29-21-24-18(15-8-4-2-5-9-15)19(28-21)16-10-6-3-7-11-16/h2-11H,12-14H2,1H3,(H2,22,23,25,26). The first-order valence-electron chi connectivity index (χ1n) is 8.98. The second-order valence-electron chi connectivity index (χ2n) is 5.98. The largest absolute Gasteiger partial charge is 0.431 e. The first-order chi connectivity index (χ1) is 14.2. The van der Waals surface area contributed by atoms with E-state index in [9.17, 15) is 9.59 Å². The van der Waals surface area contributed by atoms with E-state index in [-0.39, 0.29) is 5.75 Å². The summed E-state index contributed by atoms with van der Waals surface area (Å²) in [5.74, 6) is 0.198. The van der Waals surface area contributed by atoms with Crippen molar-refractivity contribution in [2.45, 2.75) is 5.22 Å². The lowest BCUT2D eigenvalue weighted by molar-refractivity contribution is -0.117. The molecule has 1 heterocycles. The van der Waals surface area contributed by atoms with Crippen molar-refractivity contribution in [2.24, 2.45) is 0 Å². The lowest BCUT2D eigenvalue weighted by Crippen LogP contribution is -2.41. The molecule has 0 radical (unpaired) electrons. The summed E-state index contributed by atoms with van der Waals surface area (Å²) in [7, 11) is 1.53. The number of ether oxygens (including phenoxy) is 1. The number of nitrogens with one attached hydrogen (secondary N) is 2.